The molecule has 98 valence electrons. The lowest BCUT2D eigenvalue weighted by Crippen LogP contribution is -2.05. The minimum Gasteiger partial charge on any atom is -0.289 e. The van der Waals surface area contributed by atoms with Crippen molar-refractivity contribution in [1.29, 1.82) is 0 Å². The van der Waals surface area contributed by atoms with Gasteiger partial charge in [0, 0.05) is 22.7 Å². The molecule has 0 spiro atoms. The lowest BCUT2D eigenvalue weighted by atomic mass is 9.96. The Labute approximate surface area is 115 Å². The van der Waals surface area contributed by atoms with E-state index in [1.54, 1.807) is 25.3 Å². The molecule has 3 rings (SSSR count). The molecule has 0 aliphatic heterocycles. The smallest absolute Gasteiger partial charge is 0.194 e. The number of rotatable bonds is 2. The van der Waals surface area contributed by atoms with Gasteiger partial charge in [-0.15, -0.1) is 0 Å². The number of carbonyl (C=O) groups is 1. The van der Waals surface area contributed by atoms with E-state index < -0.39 is 5.82 Å². The third-order valence-electron chi connectivity index (χ3n) is 3.34. The molecule has 0 bridgehead atoms. The quantitative estimate of drug-likeness (QED) is 0.657. The van der Waals surface area contributed by atoms with Crippen molar-refractivity contribution >= 4 is 16.7 Å². The zero-order valence-corrected chi connectivity index (χ0v) is 10.9. The number of hydrogen-bond donors (Lipinski definition) is 0. The molecule has 0 radical (unpaired) electrons. The summed E-state index contributed by atoms with van der Waals surface area (Å²) >= 11 is 0. The van der Waals surface area contributed by atoms with E-state index in [9.17, 15) is 9.18 Å². The van der Waals surface area contributed by atoms with E-state index >= 15 is 0 Å². The van der Waals surface area contributed by atoms with Gasteiger partial charge in [-0.3, -0.25) is 9.78 Å². The van der Waals surface area contributed by atoms with Crippen molar-refractivity contribution in [3.05, 3.63) is 77.2 Å². The van der Waals surface area contributed by atoms with E-state index in [4.69, 9.17) is 0 Å². The molecule has 0 saturated carbocycles. The average Bonchev–Trinajstić information content (AvgIpc) is 2.48. The summed E-state index contributed by atoms with van der Waals surface area (Å²) in [5.41, 5.74) is 2.45. The number of para-hydroxylation sites is 1. The number of fused-ring (bicyclic) bond motifs is 1. The van der Waals surface area contributed by atoms with Gasteiger partial charge in [0.05, 0.1) is 5.52 Å². The second kappa shape index (κ2) is 4.85. The Morgan fingerprint density at radius 2 is 1.85 bits per heavy atom. The maximum atomic E-state index is 13.4. The second-order valence-electron chi connectivity index (χ2n) is 4.66. The van der Waals surface area contributed by atoms with Crippen molar-refractivity contribution in [2.75, 3.05) is 0 Å². The van der Waals surface area contributed by atoms with E-state index in [1.807, 2.05) is 24.3 Å². The average molecular weight is 265 g/mol. The predicted molar refractivity (Wildman–Crippen MR) is 76.3 cm³/mol. The SMILES string of the molecule is Cc1ccc(F)cc1C(=O)c1ccnc2ccccc12. The monoisotopic (exact) mass is 265 g/mol. The summed E-state index contributed by atoms with van der Waals surface area (Å²) < 4.78 is 13.4. The molecule has 1 heterocycles. The molecule has 0 N–H and O–H groups in total. The summed E-state index contributed by atoms with van der Waals surface area (Å²) in [6.07, 6.45) is 1.60. The Bertz CT molecular complexity index is 806. The van der Waals surface area contributed by atoms with Gasteiger partial charge >= 0.3 is 0 Å². The molecule has 0 fully saturated rings. The summed E-state index contributed by atoms with van der Waals surface area (Å²) in [5, 5.41) is 0.781. The zero-order valence-electron chi connectivity index (χ0n) is 10.9. The van der Waals surface area contributed by atoms with Crippen molar-refractivity contribution in [3.8, 4) is 0 Å². The van der Waals surface area contributed by atoms with Gasteiger partial charge in [0.1, 0.15) is 5.82 Å². The van der Waals surface area contributed by atoms with Gasteiger partial charge in [-0.2, -0.15) is 0 Å². The van der Waals surface area contributed by atoms with Gasteiger partial charge in [0.25, 0.3) is 0 Å². The fourth-order valence-electron chi connectivity index (χ4n) is 2.28. The second-order valence-corrected chi connectivity index (χ2v) is 4.66. The first-order chi connectivity index (χ1) is 9.66. The van der Waals surface area contributed by atoms with Crippen LogP contribution in [0.2, 0.25) is 0 Å². The van der Waals surface area contributed by atoms with E-state index in [2.05, 4.69) is 4.98 Å². The first-order valence-corrected chi connectivity index (χ1v) is 6.31. The van der Waals surface area contributed by atoms with Gasteiger partial charge in [-0.1, -0.05) is 24.3 Å². The number of hydrogen-bond acceptors (Lipinski definition) is 2. The molecule has 1 aromatic heterocycles. The summed E-state index contributed by atoms with van der Waals surface area (Å²) in [6.45, 7) is 1.80. The lowest BCUT2D eigenvalue weighted by Gasteiger charge is -2.07. The number of halogens is 1. The van der Waals surface area contributed by atoms with Crippen LogP contribution in [0.5, 0.6) is 0 Å². The summed E-state index contributed by atoms with van der Waals surface area (Å²) in [4.78, 5) is 16.9. The van der Waals surface area contributed by atoms with Gasteiger partial charge in [-0.25, -0.2) is 4.39 Å². The molecule has 0 unspecified atom stereocenters. The van der Waals surface area contributed by atoms with Crippen molar-refractivity contribution in [1.82, 2.24) is 4.98 Å². The molecule has 0 saturated heterocycles. The first kappa shape index (κ1) is 12.5. The zero-order chi connectivity index (χ0) is 14.1. The van der Waals surface area contributed by atoms with Crippen molar-refractivity contribution < 1.29 is 9.18 Å². The van der Waals surface area contributed by atoms with E-state index in [0.29, 0.717) is 11.1 Å². The van der Waals surface area contributed by atoms with Crippen molar-refractivity contribution in [3.63, 3.8) is 0 Å². The number of aromatic nitrogens is 1. The highest BCUT2D eigenvalue weighted by Crippen LogP contribution is 2.21. The normalized spacial score (nSPS) is 10.7. The maximum Gasteiger partial charge on any atom is 0.194 e. The van der Waals surface area contributed by atoms with Crippen LogP contribution < -0.4 is 0 Å². The highest BCUT2D eigenvalue weighted by Gasteiger charge is 2.15. The molecule has 2 nitrogen and oxygen atoms in total. The minimum absolute atomic E-state index is 0.180. The van der Waals surface area contributed by atoms with E-state index in [-0.39, 0.29) is 5.78 Å². The lowest BCUT2D eigenvalue weighted by molar-refractivity contribution is 0.103. The largest absolute Gasteiger partial charge is 0.289 e. The molecular weight excluding hydrogens is 253 g/mol. The Morgan fingerprint density at radius 3 is 2.70 bits per heavy atom. The Morgan fingerprint density at radius 1 is 1.05 bits per heavy atom. The van der Waals surface area contributed by atoms with Crippen LogP contribution in [0.4, 0.5) is 4.39 Å². The van der Waals surface area contributed by atoms with Crippen LogP contribution in [0.3, 0.4) is 0 Å². The molecule has 3 aromatic rings. The van der Waals surface area contributed by atoms with Crippen molar-refractivity contribution in [2.24, 2.45) is 0 Å². The van der Waals surface area contributed by atoms with Crippen molar-refractivity contribution in [2.45, 2.75) is 6.92 Å². The van der Waals surface area contributed by atoms with Crippen LogP contribution in [-0.2, 0) is 0 Å². The fourth-order valence-corrected chi connectivity index (χ4v) is 2.28. The highest BCUT2D eigenvalue weighted by molar-refractivity contribution is 6.16. The minimum atomic E-state index is -0.405. The summed E-state index contributed by atoms with van der Waals surface area (Å²) in [6, 6.07) is 13.4. The third kappa shape index (κ3) is 2.07. The van der Waals surface area contributed by atoms with Crippen LogP contribution in [-0.4, -0.2) is 10.8 Å². The molecule has 0 aliphatic rings. The fraction of sp³-hybridized carbons (Fsp3) is 0.0588. The number of nitrogens with zero attached hydrogens (tertiary/aromatic N) is 1. The summed E-state index contributed by atoms with van der Waals surface area (Å²) in [7, 11) is 0. The Balaban J connectivity index is 2.20. The van der Waals surface area contributed by atoms with Crippen LogP contribution in [0.25, 0.3) is 10.9 Å². The number of carbonyl (C=O) groups excluding carboxylic acids is 1. The van der Waals surface area contributed by atoms with Gasteiger partial charge < -0.3 is 0 Å². The van der Waals surface area contributed by atoms with Crippen LogP contribution in [0.15, 0.2) is 54.7 Å². The molecule has 0 amide bonds. The van der Waals surface area contributed by atoms with E-state index in [0.717, 1.165) is 16.5 Å². The third-order valence-corrected chi connectivity index (χ3v) is 3.34. The van der Waals surface area contributed by atoms with Gasteiger partial charge in [0.2, 0.25) is 0 Å². The topological polar surface area (TPSA) is 30.0 Å². The van der Waals surface area contributed by atoms with Gasteiger partial charge in [-0.05, 0) is 36.8 Å². The summed E-state index contributed by atoms with van der Waals surface area (Å²) in [5.74, 6) is -0.585. The first-order valence-electron chi connectivity index (χ1n) is 6.31. The maximum absolute atomic E-state index is 13.4. The number of benzene rings is 2. The molecule has 2 aromatic carbocycles. The Kier molecular flexibility index (Phi) is 3.03. The standard InChI is InChI=1S/C17H12FNO/c1-11-6-7-12(18)10-15(11)17(20)14-8-9-19-16-5-3-2-4-13(14)16/h2-10H,1H3. The highest BCUT2D eigenvalue weighted by atomic mass is 19.1. The molecule has 20 heavy (non-hydrogen) atoms. The number of aryl methyl sites for hydroxylation is 1. The van der Waals surface area contributed by atoms with Crippen LogP contribution >= 0.6 is 0 Å². The van der Waals surface area contributed by atoms with Crippen LogP contribution in [0.1, 0.15) is 21.5 Å². The molecule has 0 aliphatic carbocycles. The molecule has 0 atom stereocenters. The number of pyridine rings is 1. The molecular formula is C17H12FNO. The van der Waals surface area contributed by atoms with E-state index in [1.165, 1.54) is 12.1 Å². The Hall–Kier alpha value is -2.55. The van der Waals surface area contributed by atoms with Gasteiger partial charge in [0.15, 0.2) is 5.78 Å². The van der Waals surface area contributed by atoms with Crippen LogP contribution in [0, 0.1) is 12.7 Å². The number of ketones is 1. The molecule has 3 heteroatoms. The predicted octanol–water partition coefficient (Wildman–Crippen LogP) is 3.91.